The average Bonchev–Trinajstić information content (AvgIpc) is 2.44. The van der Waals surface area contributed by atoms with Crippen LogP contribution in [0.15, 0.2) is 36.4 Å². The van der Waals surface area contributed by atoms with E-state index >= 15 is 0 Å². The second-order valence-corrected chi connectivity index (χ2v) is 5.28. The minimum absolute atomic E-state index is 0.0427. The maximum Gasteiger partial charge on any atom is 0.123 e. The van der Waals surface area contributed by atoms with Crippen LogP contribution in [0.5, 0.6) is 5.75 Å². The molecule has 0 aliphatic heterocycles. The molecule has 3 heteroatoms. The zero-order valence-corrected chi connectivity index (χ0v) is 13.0. The van der Waals surface area contributed by atoms with Gasteiger partial charge >= 0.3 is 0 Å². The molecule has 1 atom stereocenters. The summed E-state index contributed by atoms with van der Waals surface area (Å²) >= 11 is 0. The van der Waals surface area contributed by atoms with Gasteiger partial charge in [-0.15, -0.1) is 0 Å². The summed E-state index contributed by atoms with van der Waals surface area (Å²) in [5, 5.41) is 3.42. The van der Waals surface area contributed by atoms with Crippen LogP contribution in [0, 0.1) is 19.7 Å². The number of hydrogen-bond donors (Lipinski definition) is 1. The van der Waals surface area contributed by atoms with Gasteiger partial charge in [0.2, 0.25) is 0 Å². The number of ether oxygens (including phenoxy) is 1. The number of nitrogens with one attached hydrogen (secondary N) is 1. The van der Waals surface area contributed by atoms with Crippen LogP contribution in [0.2, 0.25) is 0 Å². The molecule has 0 aliphatic rings. The zero-order chi connectivity index (χ0) is 15.4. The van der Waals surface area contributed by atoms with Gasteiger partial charge in [0, 0.05) is 0 Å². The molecule has 0 aromatic heterocycles. The molecule has 0 fully saturated rings. The highest BCUT2D eigenvalue weighted by Gasteiger charge is 2.15. The molecular formula is C18H22FNO. The van der Waals surface area contributed by atoms with Crippen LogP contribution >= 0.6 is 0 Å². The van der Waals surface area contributed by atoms with E-state index in [4.69, 9.17) is 4.74 Å². The lowest BCUT2D eigenvalue weighted by Gasteiger charge is -2.21. The fourth-order valence-corrected chi connectivity index (χ4v) is 2.58. The van der Waals surface area contributed by atoms with Crippen LogP contribution in [0.3, 0.4) is 0 Å². The number of aryl methyl sites for hydroxylation is 2. The number of halogens is 1. The topological polar surface area (TPSA) is 21.3 Å². The van der Waals surface area contributed by atoms with Gasteiger partial charge in [-0.3, -0.25) is 0 Å². The summed E-state index contributed by atoms with van der Waals surface area (Å²) < 4.78 is 19.1. The number of methoxy groups -OCH3 is 1. The summed E-state index contributed by atoms with van der Waals surface area (Å²) in [6.07, 6.45) is 0. The summed E-state index contributed by atoms with van der Waals surface area (Å²) in [5.41, 5.74) is 4.02. The number of rotatable bonds is 5. The Bertz CT molecular complexity index is 604. The van der Waals surface area contributed by atoms with Crippen molar-refractivity contribution in [3.63, 3.8) is 0 Å². The fraction of sp³-hybridized carbons (Fsp3) is 0.333. The molecule has 0 bridgehead atoms. The Morgan fingerprint density at radius 2 is 1.86 bits per heavy atom. The molecule has 0 radical (unpaired) electrons. The third-order valence-corrected chi connectivity index (χ3v) is 3.57. The fourth-order valence-electron chi connectivity index (χ4n) is 2.58. The van der Waals surface area contributed by atoms with Crippen molar-refractivity contribution in [3.8, 4) is 5.75 Å². The minimum Gasteiger partial charge on any atom is -0.496 e. The van der Waals surface area contributed by atoms with Crippen molar-refractivity contribution >= 4 is 0 Å². The van der Waals surface area contributed by atoms with Gasteiger partial charge in [-0.2, -0.15) is 0 Å². The first-order valence-electron chi connectivity index (χ1n) is 7.20. The van der Waals surface area contributed by atoms with Gasteiger partial charge in [0.25, 0.3) is 0 Å². The zero-order valence-electron chi connectivity index (χ0n) is 13.0. The average molecular weight is 287 g/mol. The second kappa shape index (κ2) is 6.72. The first-order valence-corrected chi connectivity index (χ1v) is 7.20. The molecule has 112 valence electrons. The smallest absolute Gasteiger partial charge is 0.123 e. The lowest BCUT2D eigenvalue weighted by Crippen LogP contribution is -2.22. The van der Waals surface area contributed by atoms with Gasteiger partial charge in [0.05, 0.1) is 13.2 Å². The first kappa shape index (κ1) is 15.5. The molecule has 2 rings (SSSR count). The van der Waals surface area contributed by atoms with E-state index in [-0.39, 0.29) is 11.9 Å². The largest absolute Gasteiger partial charge is 0.496 e. The Labute approximate surface area is 126 Å². The highest BCUT2D eigenvalue weighted by Crippen LogP contribution is 2.28. The monoisotopic (exact) mass is 287 g/mol. The quantitative estimate of drug-likeness (QED) is 0.892. The third-order valence-electron chi connectivity index (χ3n) is 3.57. The van der Waals surface area contributed by atoms with E-state index in [2.05, 4.69) is 11.4 Å². The molecule has 2 aromatic rings. The second-order valence-electron chi connectivity index (χ2n) is 5.28. The van der Waals surface area contributed by atoms with Gasteiger partial charge in [-0.05, 0) is 60.8 Å². The van der Waals surface area contributed by atoms with Crippen LogP contribution < -0.4 is 10.1 Å². The van der Waals surface area contributed by atoms with Crippen molar-refractivity contribution < 1.29 is 9.13 Å². The summed E-state index contributed by atoms with van der Waals surface area (Å²) in [5.74, 6) is 0.649. The molecule has 1 unspecified atom stereocenters. The summed E-state index contributed by atoms with van der Waals surface area (Å²) in [7, 11) is 1.67. The van der Waals surface area contributed by atoms with Gasteiger partial charge < -0.3 is 10.1 Å². The summed E-state index contributed by atoms with van der Waals surface area (Å²) in [4.78, 5) is 0. The van der Waals surface area contributed by atoms with E-state index in [9.17, 15) is 4.39 Å². The minimum atomic E-state index is -0.202. The highest BCUT2D eigenvalue weighted by atomic mass is 19.1. The van der Waals surface area contributed by atoms with Gasteiger partial charge in [0.15, 0.2) is 0 Å². The Morgan fingerprint density at radius 3 is 2.48 bits per heavy atom. The van der Waals surface area contributed by atoms with Gasteiger partial charge in [-0.1, -0.05) is 25.1 Å². The normalized spacial score (nSPS) is 12.2. The van der Waals surface area contributed by atoms with Crippen molar-refractivity contribution in [3.05, 3.63) is 64.5 Å². The number of hydrogen-bond acceptors (Lipinski definition) is 2. The third kappa shape index (κ3) is 3.61. The lowest BCUT2D eigenvalue weighted by atomic mass is 9.96. The van der Waals surface area contributed by atoms with E-state index in [1.165, 1.54) is 0 Å². The van der Waals surface area contributed by atoms with Crippen molar-refractivity contribution in [1.29, 1.82) is 0 Å². The van der Waals surface area contributed by atoms with Gasteiger partial charge in [0.1, 0.15) is 11.6 Å². The summed E-state index contributed by atoms with van der Waals surface area (Å²) in [6, 6.07) is 11.2. The molecule has 2 aromatic carbocycles. The van der Waals surface area contributed by atoms with E-state index in [0.717, 1.165) is 34.5 Å². The molecule has 21 heavy (non-hydrogen) atoms. The molecular weight excluding hydrogens is 265 g/mol. The predicted octanol–water partition coefficient (Wildman–Crippen LogP) is 4.15. The van der Waals surface area contributed by atoms with Crippen LogP contribution in [-0.2, 0) is 0 Å². The molecule has 0 aliphatic carbocycles. The number of benzene rings is 2. The maximum absolute atomic E-state index is 13.7. The van der Waals surface area contributed by atoms with Crippen molar-refractivity contribution in [1.82, 2.24) is 5.32 Å². The molecule has 0 heterocycles. The van der Waals surface area contributed by atoms with E-state index in [1.807, 2.05) is 39.0 Å². The SMILES string of the molecule is CCNC(c1cc(C)cc(F)c1)c1ccc(C)c(OC)c1. The lowest BCUT2D eigenvalue weighted by molar-refractivity contribution is 0.410. The van der Waals surface area contributed by atoms with E-state index < -0.39 is 0 Å². The Morgan fingerprint density at radius 1 is 1.10 bits per heavy atom. The Kier molecular flexibility index (Phi) is 4.97. The standard InChI is InChI=1S/C18H22FNO/c1-5-20-18(15-8-12(2)9-16(19)10-15)14-7-6-13(3)17(11-14)21-4/h6-11,18,20H,5H2,1-4H3. The predicted molar refractivity (Wildman–Crippen MR) is 84.4 cm³/mol. The van der Waals surface area contributed by atoms with Crippen LogP contribution in [-0.4, -0.2) is 13.7 Å². The van der Waals surface area contributed by atoms with Gasteiger partial charge in [-0.25, -0.2) is 4.39 Å². The van der Waals surface area contributed by atoms with E-state index in [0.29, 0.717) is 0 Å². The molecule has 0 amide bonds. The molecule has 0 spiro atoms. The van der Waals surface area contributed by atoms with Crippen molar-refractivity contribution in [2.75, 3.05) is 13.7 Å². The molecule has 2 nitrogen and oxygen atoms in total. The highest BCUT2D eigenvalue weighted by molar-refractivity contribution is 5.42. The molecule has 0 saturated carbocycles. The summed E-state index contributed by atoms with van der Waals surface area (Å²) in [6.45, 7) is 6.77. The molecule has 1 N–H and O–H groups in total. The van der Waals surface area contributed by atoms with Crippen LogP contribution in [0.25, 0.3) is 0 Å². The van der Waals surface area contributed by atoms with Crippen molar-refractivity contribution in [2.24, 2.45) is 0 Å². The Balaban J connectivity index is 2.47. The van der Waals surface area contributed by atoms with Crippen LogP contribution in [0.1, 0.15) is 35.2 Å². The van der Waals surface area contributed by atoms with Crippen molar-refractivity contribution in [2.45, 2.75) is 26.8 Å². The van der Waals surface area contributed by atoms with E-state index in [1.54, 1.807) is 19.2 Å². The molecule has 0 saturated heterocycles. The van der Waals surface area contributed by atoms with Crippen LogP contribution in [0.4, 0.5) is 4.39 Å². The maximum atomic E-state index is 13.7. The first-order chi connectivity index (χ1) is 10.0. The Hall–Kier alpha value is -1.87.